The van der Waals surface area contributed by atoms with E-state index < -0.39 is 0 Å². The fourth-order valence-electron chi connectivity index (χ4n) is 6.02. The minimum atomic E-state index is -0.0171. The molecule has 0 fully saturated rings. The molecule has 1 aliphatic carbocycles. The number of carbonyl (C=O) groups excluding carboxylic acids is 1. The number of benzene rings is 2. The molecule has 0 bridgehead atoms. The number of amides is 1. The summed E-state index contributed by atoms with van der Waals surface area (Å²) >= 11 is 0. The highest BCUT2D eigenvalue weighted by molar-refractivity contribution is 5.88. The number of aromatic nitrogens is 1. The molecule has 2 aromatic heterocycles. The number of rotatable bonds is 11. The van der Waals surface area contributed by atoms with Crippen LogP contribution in [0.2, 0.25) is 0 Å². The van der Waals surface area contributed by atoms with E-state index in [4.69, 9.17) is 4.42 Å². The van der Waals surface area contributed by atoms with E-state index in [-0.39, 0.29) is 11.8 Å². The third-order valence-corrected chi connectivity index (χ3v) is 8.39. The topological polar surface area (TPSA) is 50.4 Å². The maximum atomic E-state index is 13.3. The van der Waals surface area contributed by atoms with Crippen molar-refractivity contribution in [2.45, 2.75) is 79.4 Å². The quantitative estimate of drug-likeness (QED) is 0.231. The summed E-state index contributed by atoms with van der Waals surface area (Å²) in [4.78, 5) is 15.7. The first-order chi connectivity index (χ1) is 19.0. The number of para-hydroxylation sites is 1. The summed E-state index contributed by atoms with van der Waals surface area (Å²) in [6.07, 6.45) is 4.97. The van der Waals surface area contributed by atoms with Gasteiger partial charge in [-0.3, -0.25) is 9.69 Å². The number of nitrogens with zero attached hydrogens (tertiary/aromatic N) is 2. The monoisotopic (exact) mass is 525 g/mol. The largest absolute Gasteiger partial charge is 0.463 e. The van der Waals surface area contributed by atoms with Crippen LogP contribution in [0, 0.1) is 19.8 Å². The Morgan fingerprint density at radius 2 is 1.90 bits per heavy atom. The Balaban J connectivity index is 1.26. The summed E-state index contributed by atoms with van der Waals surface area (Å²) in [5.41, 5.74) is 7.98. The van der Waals surface area contributed by atoms with E-state index in [2.05, 4.69) is 84.9 Å². The van der Waals surface area contributed by atoms with Crippen molar-refractivity contribution >= 4 is 16.8 Å². The summed E-state index contributed by atoms with van der Waals surface area (Å²) in [6, 6.07) is 19.4. The Hall–Kier alpha value is -3.31. The van der Waals surface area contributed by atoms with Gasteiger partial charge in [-0.1, -0.05) is 62.2 Å². The molecule has 0 saturated carbocycles. The highest BCUT2D eigenvalue weighted by Gasteiger charge is 2.29. The molecule has 5 rings (SSSR count). The molecule has 1 unspecified atom stereocenters. The molecule has 0 saturated heterocycles. The second-order valence-corrected chi connectivity index (χ2v) is 11.2. The molecule has 2 aromatic carbocycles. The van der Waals surface area contributed by atoms with Gasteiger partial charge in [-0.15, -0.1) is 0 Å². The van der Waals surface area contributed by atoms with Crippen LogP contribution in [-0.4, -0.2) is 28.5 Å². The average Bonchev–Trinajstić information content (AvgIpc) is 3.53. The van der Waals surface area contributed by atoms with Crippen LogP contribution in [-0.2, 0) is 37.3 Å². The molecule has 1 amide bonds. The number of hydrogen-bond donors (Lipinski definition) is 1. The Labute approximate surface area is 233 Å². The lowest BCUT2D eigenvalue weighted by Crippen LogP contribution is -2.33. The number of fused-ring (bicyclic) bond motifs is 3. The average molecular weight is 526 g/mol. The summed E-state index contributed by atoms with van der Waals surface area (Å²) in [5.74, 6) is 1.90. The van der Waals surface area contributed by atoms with Crippen LogP contribution in [0.25, 0.3) is 10.9 Å². The van der Waals surface area contributed by atoms with E-state index in [0.717, 1.165) is 57.0 Å². The zero-order chi connectivity index (χ0) is 27.4. The Bertz CT molecular complexity index is 1430. The Morgan fingerprint density at radius 1 is 1.08 bits per heavy atom. The van der Waals surface area contributed by atoms with Crippen molar-refractivity contribution in [2.24, 2.45) is 5.92 Å². The van der Waals surface area contributed by atoms with Crippen LogP contribution in [0.4, 0.5) is 0 Å². The summed E-state index contributed by atoms with van der Waals surface area (Å²) < 4.78 is 8.56. The normalized spacial score (nSPS) is 15.2. The lowest BCUT2D eigenvalue weighted by molar-refractivity contribution is -0.125. The number of furan rings is 1. The van der Waals surface area contributed by atoms with Crippen molar-refractivity contribution in [3.05, 3.63) is 94.1 Å². The van der Waals surface area contributed by atoms with E-state index in [0.29, 0.717) is 6.54 Å². The number of hydrogen-bond acceptors (Lipinski definition) is 3. The van der Waals surface area contributed by atoms with Gasteiger partial charge < -0.3 is 14.3 Å². The highest BCUT2D eigenvalue weighted by atomic mass is 16.3. The predicted molar refractivity (Wildman–Crippen MR) is 159 cm³/mol. The highest BCUT2D eigenvalue weighted by Crippen LogP contribution is 2.35. The maximum absolute atomic E-state index is 13.3. The molecule has 5 heteroatoms. The van der Waals surface area contributed by atoms with Gasteiger partial charge in [-0.05, 0) is 87.5 Å². The van der Waals surface area contributed by atoms with Crippen LogP contribution in [0.5, 0.6) is 0 Å². The van der Waals surface area contributed by atoms with Crippen molar-refractivity contribution in [1.82, 2.24) is 14.8 Å². The first-order valence-electron chi connectivity index (χ1n) is 14.7. The van der Waals surface area contributed by atoms with Crippen molar-refractivity contribution in [2.75, 3.05) is 13.1 Å². The van der Waals surface area contributed by atoms with Gasteiger partial charge in [0.1, 0.15) is 11.5 Å². The van der Waals surface area contributed by atoms with Crippen LogP contribution in [0.3, 0.4) is 0 Å². The second-order valence-electron chi connectivity index (χ2n) is 11.2. The van der Waals surface area contributed by atoms with Gasteiger partial charge in [0.15, 0.2) is 0 Å². The molecule has 1 N–H and O–H groups in total. The third kappa shape index (κ3) is 6.14. The van der Waals surface area contributed by atoms with E-state index in [1.165, 1.54) is 51.7 Å². The van der Waals surface area contributed by atoms with Crippen LogP contribution in [0.15, 0.2) is 59.0 Å². The summed E-state index contributed by atoms with van der Waals surface area (Å²) in [7, 11) is 0. The van der Waals surface area contributed by atoms with Gasteiger partial charge in [0.05, 0.1) is 13.1 Å². The SMILES string of the molecule is CCCCN(CC)Cc1ccc(CNC(=O)C2CCc3c(c4ccccc4n3Cc3cc(C)ccc3C)C2)o1. The molecule has 0 aliphatic heterocycles. The van der Waals surface area contributed by atoms with E-state index >= 15 is 0 Å². The van der Waals surface area contributed by atoms with Crippen molar-refractivity contribution in [3.63, 3.8) is 0 Å². The first-order valence-corrected chi connectivity index (χ1v) is 14.7. The molecule has 4 aromatic rings. The fraction of sp³-hybridized carbons (Fsp3) is 0.441. The smallest absolute Gasteiger partial charge is 0.223 e. The zero-order valence-electron chi connectivity index (χ0n) is 24.1. The number of carbonyl (C=O) groups is 1. The molecule has 1 aliphatic rings. The number of unbranched alkanes of at least 4 members (excludes halogenated alkanes) is 1. The molecule has 0 spiro atoms. The maximum Gasteiger partial charge on any atom is 0.223 e. The molecular weight excluding hydrogens is 482 g/mol. The van der Waals surface area contributed by atoms with Gasteiger partial charge >= 0.3 is 0 Å². The van der Waals surface area contributed by atoms with E-state index in [1.807, 2.05) is 12.1 Å². The van der Waals surface area contributed by atoms with E-state index in [1.54, 1.807) is 0 Å². The lowest BCUT2D eigenvalue weighted by atomic mass is 9.85. The van der Waals surface area contributed by atoms with Crippen LogP contribution < -0.4 is 5.32 Å². The summed E-state index contributed by atoms with van der Waals surface area (Å²) in [5, 5.41) is 4.46. The minimum Gasteiger partial charge on any atom is -0.463 e. The van der Waals surface area contributed by atoms with Crippen LogP contribution >= 0.6 is 0 Å². The van der Waals surface area contributed by atoms with Gasteiger partial charge in [-0.25, -0.2) is 0 Å². The molecule has 5 nitrogen and oxygen atoms in total. The van der Waals surface area contributed by atoms with Crippen molar-refractivity contribution < 1.29 is 9.21 Å². The minimum absolute atomic E-state index is 0.0171. The standard InChI is InChI=1S/C34H43N3O2/c1-5-7-18-36(6-2)23-29-16-15-28(39-29)21-35-34(38)26-14-17-33-31(20-26)30-10-8-9-11-32(30)37(33)22-27-19-24(3)12-13-25(27)4/h8-13,15-16,19,26H,5-7,14,17-18,20-23H2,1-4H3,(H,35,38). The number of aryl methyl sites for hydroxylation is 2. The van der Waals surface area contributed by atoms with Gasteiger partial charge in [0, 0.05) is 29.1 Å². The molecular formula is C34H43N3O2. The molecule has 39 heavy (non-hydrogen) atoms. The molecule has 206 valence electrons. The molecule has 2 heterocycles. The van der Waals surface area contributed by atoms with Crippen molar-refractivity contribution in [3.8, 4) is 0 Å². The first kappa shape index (κ1) is 27.3. The van der Waals surface area contributed by atoms with Gasteiger partial charge in [0.25, 0.3) is 0 Å². The molecule has 0 radical (unpaired) electrons. The predicted octanol–water partition coefficient (Wildman–Crippen LogP) is 6.94. The second kappa shape index (κ2) is 12.3. The third-order valence-electron chi connectivity index (χ3n) is 8.39. The number of nitrogens with one attached hydrogen (secondary N) is 1. The zero-order valence-corrected chi connectivity index (χ0v) is 24.1. The van der Waals surface area contributed by atoms with Gasteiger partial charge in [0.2, 0.25) is 5.91 Å². The lowest BCUT2D eigenvalue weighted by Gasteiger charge is -2.24. The van der Waals surface area contributed by atoms with E-state index in [9.17, 15) is 4.79 Å². The van der Waals surface area contributed by atoms with Crippen LogP contribution in [0.1, 0.15) is 72.6 Å². The fourth-order valence-corrected chi connectivity index (χ4v) is 6.02. The Kier molecular flexibility index (Phi) is 8.56. The Morgan fingerprint density at radius 3 is 2.72 bits per heavy atom. The van der Waals surface area contributed by atoms with Gasteiger partial charge in [-0.2, -0.15) is 0 Å². The molecule has 1 atom stereocenters. The summed E-state index contributed by atoms with van der Waals surface area (Å²) in [6.45, 7) is 13.0. The van der Waals surface area contributed by atoms with Crippen molar-refractivity contribution in [1.29, 1.82) is 0 Å².